The monoisotopic (exact) mass is 298 g/mol. The van der Waals surface area contributed by atoms with E-state index in [1.165, 1.54) is 5.56 Å². The Bertz CT molecular complexity index is 612. The highest BCUT2D eigenvalue weighted by molar-refractivity contribution is 5.90. The van der Waals surface area contributed by atoms with Crippen LogP contribution < -0.4 is 15.4 Å². The Kier molecular flexibility index (Phi) is 5.83. The summed E-state index contributed by atoms with van der Waals surface area (Å²) in [5.74, 6) is 0.695. The molecule has 0 radical (unpaired) electrons. The average molecular weight is 298 g/mol. The summed E-state index contributed by atoms with van der Waals surface area (Å²) in [7, 11) is 0. The SMILES string of the molecule is CCOc1cc(C)ccc1NC(=O)NCCc1ccccc1. The largest absolute Gasteiger partial charge is 0.492 e. The number of rotatable bonds is 6. The summed E-state index contributed by atoms with van der Waals surface area (Å²) in [5, 5.41) is 5.69. The summed E-state index contributed by atoms with van der Waals surface area (Å²) in [6.07, 6.45) is 0.806. The van der Waals surface area contributed by atoms with Crippen molar-refractivity contribution in [2.24, 2.45) is 0 Å². The van der Waals surface area contributed by atoms with Gasteiger partial charge in [-0.25, -0.2) is 4.79 Å². The van der Waals surface area contributed by atoms with Gasteiger partial charge in [0.25, 0.3) is 0 Å². The van der Waals surface area contributed by atoms with Crippen molar-refractivity contribution in [3.8, 4) is 5.75 Å². The lowest BCUT2D eigenvalue weighted by Crippen LogP contribution is -2.30. The second-order valence-corrected chi connectivity index (χ2v) is 5.05. The highest BCUT2D eigenvalue weighted by Crippen LogP contribution is 2.25. The molecule has 0 saturated carbocycles. The van der Waals surface area contributed by atoms with Crippen LogP contribution in [0.5, 0.6) is 5.75 Å². The molecule has 0 heterocycles. The third-order valence-corrected chi connectivity index (χ3v) is 3.23. The van der Waals surface area contributed by atoms with Crippen molar-refractivity contribution in [3.05, 3.63) is 59.7 Å². The molecule has 22 heavy (non-hydrogen) atoms. The normalized spacial score (nSPS) is 10.1. The predicted octanol–water partition coefficient (Wildman–Crippen LogP) is 3.76. The topological polar surface area (TPSA) is 50.4 Å². The van der Waals surface area contributed by atoms with Gasteiger partial charge < -0.3 is 15.4 Å². The first-order chi connectivity index (χ1) is 10.7. The predicted molar refractivity (Wildman–Crippen MR) is 89.5 cm³/mol. The number of amides is 2. The zero-order valence-electron chi connectivity index (χ0n) is 13.1. The van der Waals surface area contributed by atoms with Crippen molar-refractivity contribution >= 4 is 11.7 Å². The van der Waals surface area contributed by atoms with Gasteiger partial charge in [0.1, 0.15) is 5.75 Å². The Balaban J connectivity index is 1.86. The molecule has 2 N–H and O–H groups in total. The quantitative estimate of drug-likeness (QED) is 0.853. The van der Waals surface area contributed by atoms with Gasteiger partial charge >= 0.3 is 6.03 Å². The lowest BCUT2D eigenvalue weighted by Gasteiger charge is -2.13. The minimum absolute atomic E-state index is 0.222. The maximum atomic E-state index is 12.0. The summed E-state index contributed by atoms with van der Waals surface area (Å²) in [4.78, 5) is 12.0. The number of urea groups is 1. The molecule has 0 bridgehead atoms. The molecule has 0 aromatic heterocycles. The fourth-order valence-electron chi connectivity index (χ4n) is 2.14. The number of carbonyl (C=O) groups is 1. The molecule has 0 atom stereocenters. The van der Waals surface area contributed by atoms with Crippen LogP contribution in [0, 0.1) is 6.92 Å². The van der Waals surface area contributed by atoms with Crippen molar-refractivity contribution in [2.45, 2.75) is 20.3 Å². The van der Waals surface area contributed by atoms with Crippen LogP contribution in [0.4, 0.5) is 10.5 Å². The van der Waals surface area contributed by atoms with Gasteiger partial charge in [-0.15, -0.1) is 0 Å². The second-order valence-electron chi connectivity index (χ2n) is 5.05. The molecule has 2 aromatic rings. The van der Waals surface area contributed by atoms with E-state index in [0.717, 1.165) is 12.0 Å². The molecule has 116 valence electrons. The molecule has 2 rings (SSSR count). The Morgan fingerprint density at radius 3 is 2.64 bits per heavy atom. The van der Waals surface area contributed by atoms with Crippen LogP contribution in [0.2, 0.25) is 0 Å². The molecular formula is C18H22N2O2. The highest BCUT2D eigenvalue weighted by atomic mass is 16.5. The number of hydrogen-bond acceptors (Lipinski definition) is 2. The molecule has 2 amide bonds. The number of ether oxygens (including phenoxy) is 1. The highest BCUT2D eigenvalue weighted by Gasteiger charge is 2.07. The van der Waals surface area contributed by atoms with Crippen molar-refractivity contribution in [1.82, 2.24) is 5.32 Å². The fraction of sp³-hybridized carbons (Fsp3) is 0.278. The zero-order chi connectivity index (χ0) is 15.8. The molecule has 2 aromatic carbocycles. The Labute approximate surface area is 131 Å². The number of hydrogen-bond donors (Lipinski definition) is 2. The van der Waals surface area contributed by atoms with E-state index in [2.05, 4.69) is 10.6 Å². The Morgan fingerprint density at radius 1 is 1.14 bits per heavy atom. The van der Waals surface area contributed by atoms with E-state index >= 15 is 0 Å². The second kappa shape index (κ2) is 8.08. The molecule has 0 fully saturated rings. The molecular weight excluding hydrogens is 276 g/mol. The maximum Gasteiger partial charge on any atom is 0.319 e. The first-order valence-corrected chi connectivity index (χ1v) is 7.51. The smallest absolute Gasteiger partial charge is 0.319 e. The van der Waals surface area contributed by atoms with Gasteiger partial charge in [-0.1, -0.05) is 36.4 Å². The number of anilines is 1. The fourth-order valence-corrected chi connectivity index (χ4v) is 2.14. The van der Waals surface area contributed by atoms with Gasteiger partial charge in [0, 0.05) is 6.54 Å². The summed E-state index contributed by atoms with van der Waals surface area (Å²) in [6.45, 7) is 5.07. The molecule has 0 spiro atoms. The van der Waals surface area contributed by atoms with Crippen molar-refractivity contribution < 1.29 is 9.53 Å². The molecule has 0 unspecified atom stereocenters. The van der Waals surface area contributed by atoms with E-state index < -0.39 is 0 Å². The first kappa shape index (κ1) is 15.9. The van der Waals surface area contributed by atoms with Crippen LogP contribution in [0.15, 0.2) is 48.5 Å². The van der Waals surface area contributed by atoms with Crippen molar-refractivity contribution in [1.29, 1.82) is 0 Å². The van der Waals surface area contributed by atoms with E-state index in [0.29, 0.717) is 24.6 Å². The van der Waals surface area contributed by atoms with E-state index in [1.54, 1.807) is 0 Å². The van der Waals surface area contributed by atoms with Crippen LogP contribution >= 0.6 is 0 Å². The van der Waals surface area contributed by atoms with Crippen LogP contribution in [-0.2, 0) is 6.42 Å². The number of carbonyl (C=O) groups excluding carboxylic acids is 1. The average Bonchev–Trinajstić information content (AvgIpc) is 2.51. The third kappa shape index (κ3) is 4.81. The lowest BCUT2D eigenvalue weighted by atomic mass is 10.1. The molecule has 4 heteroatoms. The summed E-state index contributed by atoms with van der Waals surface area (Å²) in [5.41, 5.74) is 2.98. The van der Waals surface area contributed by atoms with Gasteiger partial charge in [0.2, 0.25) is 0 Å². The van der Waals surface area contributed by atoms with Gasteiger partial charge in [-0.3, -0.25) is 0 Å². The van der Waals surface area contributed by atoms with Gasteiger partial charge in [0.05, 0.1) is 12.3 Å². The van der Waals surface area contributed by atoms with E-state index in [-0.39, 0.29) is 6.03 Å². The summed E-state index contributed by atoms with van der Waals surface area (Å²) < 4.78 is 5.55. The third-order valence-electron chi connectivity index (χ3n) is 3.23. The van der Waals surface area contributed by atoms with E-state index in [4.69, 9.17) is 4.74 Å². The van der Waals surface area contributed by atoms with Crippen LogP contribution in [0.25, 0.3) is 0 Å². The summed E-state index contributed by atoms with van der Waals surface area (Å²) in [6, 6.07) is 15.6. The minimum Gasteiger partial charge on any atom is -0.492 e. The first-order valence-electron chi connectivity index (χ1n) is 7.51. The van der Waals surface area contributed by atoms with Crippen LogP contribution in [-0.4, -0.2) is 19.2 Å². The number of nitrogens with one attached hydrogen (secondary N) is 2. The van der Waals surface area contributed by atoms with Gasteiger partial charge in [-0.2, -0.15) is 0 Å². The number of benzene rings is 2. The van der Waals surface area contributed by atoms with Gasteiger partial charge in [-0.05, 0) is 43.5 Å². The van der Waals surface area contributed by atoms with Crippen LogP contribution in [0.1, 0.15) is 18.1 Å². The molecule has 0 aliphatic rings. The zero-order valence-corrected chi connectivity index (χ0v) is 13.1. The van der Waals surface area contributed by atoms with E-state index in [9.17, 15) is 4.79 Å². The van der Waals surface area contributed by atoms with Crippen molar-refractivity contribution in [2.75, 3.05) is 18.5 Å². The van der Waals surface area contributed by atoms with E-state index in [1.807, 2.05) is 62.4 Å². The molecule has 0 saturated heterocycles. The summed E-state index contributed by atoms with van der Waals surface area (Å²) >= 11 is 0. The molecule has 0 aliphatic carbocycles. The standard InChI is InChI=1S/C18H22N2O2/c1-3-22-17-13-14(2)9-10-16(17)20-18(21)19-12-11-15-7-5-4-6-8-15/h4-10,13H,3,11-12H2,1-2H3,(H2,19,20,21). The Morgan fingerprint density at radius 2 is 1.91 bits per heavy atom. The number of aryl methyl sites for hydroxylation is 1. The molecule has 4 nitrogen and oxygen atoms in total. The van der Waals surface area contributed by atoms with Crippen LogP contribution in [0.3, 0.4) is 0 Å². The maximum absolute atomic E-state index is 12.0. The Hall–Kier alpha value is -2.49. The minimum atomic E-state index is -0.222. The molecule has 0 aliphatic heterocycles. The van der Waals surface area contributed by atoms with Gasteiger partial charge in [0.15, 0.2) is 0 Å². The van der Waals surface area contributed by atoms with Crippen molar-refractivity contribution in [3.63, 3.8) is 0 Å². The lowest BCUT2D eigenvalue weighted by molar-refractivity contribution is 0.252.